The summed E-state index contributed by atoms with van der Waals surface area (Å²) in [5.41, 5.74) is 2.24. The highest BCUT2D eigenvalue weighted by Crippen LogP contribution is 2.22. The molecule has 0 amide bonds. The molecule has 1 rings (SSSR count). The van der Waals surface area contributed by atoms with Crippen molar-refractivity contribution in [2.45, 2.75) is 33.1 Å². The Balaban J connectivity index is 3.11. The van der Waals surface area contributed by atoms with Gasteiger partial charge >= 0.3 is 0 Å². The first-order chi connectivity index (χ1) is 6.70. The van der Waals surface area contributed by atoms with E-state index in [1.807, 2.05) is 13.0 Å². The summed E-state index contributed by atoms with van der Waals surface area (Å²) >= 11 is 0. The highest BCUT2D eigenvalue weighted by Gasteiger charge is 2.10. The van der Waals surface area contributed by atoms with Gasteiger partial charge < -0.3 is 5.11 Å². The van der Waals surface area contributed by atoms with E-state index in [2.05, 4.69) is 11.9 Å². The number of aromatic hydroxyl groups is 1. The zero-order chi connectivity index (χ0) is 10.6. The van der Waals surface area contributed by atoms with Gasteiger partial charge in [-0.1, -0.05) is 13.3 Å². The Kier molecular flexibility index (Phi) is 3.47. The van der Waals surface area contributed by atoms with Crippen LogP contribution in [0.5, 0.6) is 5.88 Å². The van der Waals surface area contributed by atoms with E-state index in [9.17, 15) is 5.11 Å². The Hall–Kier alpha value is -1.56. The molecular formula is C11H14N2O. The summed E-state index contributed by atoms with van der Waals surface area (Å²) in [5, 5.41) is 18.3. The van der Waals surface area contributed by atoms with Gasteiger partial charge in [-0.15, -0.1) is 0 Å². The summed E-state index contributed by atoms with van der Waals surface area (Å²) in [7, 11) is 0. The summed E-state index contributed by atoms with van der Waals surface area (Å²) in [6.45, 7) is 4.01. The number of hydrogen-bond donors (Lipinski definition) is 1. The molecule has 0 aliphatic rings. The number of pyridine rings is 1. The predicted octanol–water partition coefficient (Wildman–Crippen LogP) is 2.31. The van der Waals surface area contributed by atoms with Crippen LogP contribution in [-0.4, -0.2) is 10.1 Å². The van der Waals surface area contributed by atoms with Crippen molar-refractivity contribution in [3.8, 4) is 11.9 Å². The molecule has 0 aromatic carbocycles. The minimum atomic E-state index is -0.149. The molecule has 0 fully saturated rings. The topological polar surface area (TPSA) is 56.9 Å². The van der Waals surface area contributed by atoms with Crippen LogP contribution in [0.4, 0.5) is 0 Å². The molecule has 3 nitrogen and oxygen atoms in total. The third-order valence-electron chi connectivity index (χ3n) is 2.27. The second kappa shape index (κ2) is 4.61. The second-order valence-electron chi connectivity index (χ2n) is 3.33. The van der Waals surface area contributed by atoms with Crippen LogP contribution < -0.4 is 0 Å². The molecular weight excluding hydrogens is 176 g/mol. The summed E-state index contributed by atoms with van der Waals surface area (Å²) in [5.74, 6) is -0.149. The normalized spacial score (nSPS) is 9.79. The summed E-state index contributed by atoms with van der Waals surface area (Å²) in [4.78, 5) is 3.75. The highest BCUT2D eigenvalue weighted by atomic mass is 16.3. The molecule has 0 saturated heterocycles. The van der Waals surface area contributed by atoms with Gasteiger partial charge in [0.2, 0.25) is 5.88 Å². The monoisotopic (exact) mass is 190 g/mol. The third kappa shape index (κ3) is 2.02. The first-order valence-electron chi connectivity index (χ1n) is 4.78. The van der Waals surface area contributed by atoms with E-state index in [0.29, 0.717) is 5.56 Å². The number of rotatable bonds is 3. The molecule has 74 valence electrons. The number of aromatic nitrogens is 1. The maximum Gasteiger partial charge on any atom is 0.229 e. The van der Waals surface area contributed by atoms with Gasteiger partial charge in [-0.2, -0.15) is 5.26 Å². The maximum absolute atomic E-state index is 9.38. The fraction of sp³-hybridized carbons (Fsp3) is 0.455. The average Bonchev–Trinajstić information content (AvgIpc) is 2.19. The number of unbranched alkanes of at least 4 members (excludes halogenated alkanes) is 1. The van der Waals surface area contributed by atoms with E-state index in [4.69, 9.17) is 5.26 Å². The number of hydrogen-bond acceptors (Lipinski definition) is 3. The Morgan fingerprint density at radius 2 is 2.29 bits per heavy atom. The first-order valence-corrected chi connectivity index (χ1v) is 4.78. The maximum atomic E-state index is 9.38. The Bertz CT molecular complexity index is 366. The van der Waals surface area contributed by atoms with Crippen LogP contribution in [-0.2, 0) is 6.42 Å². The molecule has 0 saturated carbocycles. The fourth-order valence-electron chi connectivity index (χ4n) is 1.43. The zero-order valence-electron chi connectivity index (χ0n) is 8.54. The molecule has 3 heteroatoms. The van der Waals surface area contributed by atoms with Crippen molar-refractivity contribution in [1.29, 1.82) is 5.26 Å². The molecule has 0 unspecified atom stereocenters. The second-order valence-corrected chi connectivity index (χ2v) is 3.33. The highest BCUT2D eigenvalue weighted by molar-refractivity contribution is 5.47. The van der Waals surface area contributed by atoms with Crippen molar-refractivity contribution in [3.63, 3.8) is 0 Å². The molecule has 0 radical (unpaired) electrons. The number of aryl methyl sites for hydroxylation is 1. The van der Waals surface area contributed by atoms with Crippen LogP contribution in [0.3, 0.4) is 0 Å². The van der Waals surface area contributed by atoms with Gasteiger partial charge in [0.1, 0.15) is 11.6 Å². The molecule has 0 bridgehead atoms. The smallest absolute Gasteiger partial charge is 0.229 e. The van der Waals surface area contributed by atoms with E-state index >= 15 is 0 Å². The molecule has 0 aliphatic heterocycles. The van der Waals surface area contributed by atoms with Gasteiger partial charge in [0.05, 0.1) is 0 Å². The Morgan fingerprint density at radius 1 is 1.57 bits per heavy atom. The van der Waals surface area contributed by atoms with Crippen molar-refractivity contribution in [2.24, 2.45) is 0 Å². The van der Waals surface area contributed by atoms with E-state index in [1.54, 1.807) is 6.20 Å². The van der Waals surface area contributed by atoms with Crippen molar-refractivity contribution >= 4 is 0 Å². The lowest BCUT2D eigenvalue weighted by atomic mass is 10.00. The molecule has 0 aliphatic carbocycles. The quantitative estimate of drug-likeness (QED) is 0.795. The molecule has 0 atom stereocenters. The lowest BCUT2D eigenvalue weighted by Gasteiger charge is -2.07. The van der Waals surface area contributed by atoms with Crippen molar-refractivity contribution in [2.75, 3.05) is 0 Å². The van der Waals surface area contributed by atoms with Gasteiger partial charge in [0, 0.05) is 6.20 Å². The fourth-order valence-corrected chi connectivity index (χ4v) is 1.43. The lowest BCUT2D eigenvalue weighted by molar-refractivity contribution is 0.450. The number of nitrogens with zero attached hydrogens (tertiary/aromatic N) is 2. The van der Waals surface area contributed by atoms with Crippen LogP contribution in [0.2, 0.25) is 0 Å². The van der Waals surface area contributed by atoms with E-state index in [0.717, 1.165) is 30.4 Å². The predicted molar refractivity (Wildman–Crippen MR) is 54.0 cm³/mol. The van der Waals surface area contributed by atoms with Gasteiger partial charge in [-0.25, -0.2) is 4.98 Å². The Labute approximate surface area is 84.0 Å². The van der Waals surface area contributed by atoms with Crippen LogP contribution in [0, 0.1) is 18.3 Å². The average molecular weight is 190 g/mol. The van der Waals surface area contributed by atoms with Gasteiger partial charge in [-0.05, 0) is 30.9 Å². The molecule has 1 aromatic heterocycles. The van der Waals surface area contributed by atoms with Gasteiger partial charge in [0.25, 0.3) is 0 Å². The van der Waals surface area contributed by atoms with Gasteiger partial charge in [0.15, 0.2) is 0 Å². The summed E-state index contributed by atoms with van der Waals surface area (Å²) < 4.78 is 0. The largest absolute Gasteiger partial charge is 0.492 e. The molecule has 1 N–H and O–H groups in total. The first kappa shape index (κ1) is 10.5. The molecule has 1 heterocycles. The Morgan fingerprint density at radius 3 is 2.86 bits per heavy atom. The van der Waals surface area contributed by atoms with Crippen molar-refractivity contribution < 1.29 is 5.11 Å². The minimum Gasteiger partial charge on any atom is -0.492 e. The standard InChI is InChI=1S/C11H14N2O/c1-3-4-5-9-8(2)7-13-11(14)10(9)6-12/h7H,3-5H2,1-2H3,(H,13,14). The number of nitriles is 1. The summed E-state index contributed by atoms with van der Waals surface area (Å²) in [6.07, 6.45) is 4.55. The van der Waals surface area contributed by atoms with Gasteiger partial charge in [-0.3, -0.25) is 0 Å². The third-order valence-corrected chi connectivity index (χ3v) is 2.27. The van der Waals surface area contributed by atoms with Crippen LogP contribution >= 0.6 is 0 Å². The van der Waals surface area contributed by atoms with Crippen LogP contribution in [0.25, 0.3) is 0 Å². The molecule has 0 spiro atoms. The zero-order valence-corrected chi connectivity index (χ0v) is 8.54. The molecule has 1 aromatic rings. The lowest BCUT2D eigenvalue weighted by Crippen LogP contribution is -1.97. The van der Waals surface area contributed by atoms with E-state index < -0.39 is 0 Å². The molecule has 14 heavy (non-hydrogen) atoms. The van der Waals surface area contributed by atoms with Crippen LogP contribution in [0.15, 0.2) is 6.20 Å². The SMILES string of the molecule is CCCCc1c(C)cnc(O)c1C#N. The van der Waals surface area contributed by atoms with E-state index in [-0.39, 0.29) is 5.88 Å². The minimum absolute atomic E-state index is 0.149. The van der Waals surface area contributed by atoms with E-state index in [1.165, 1.54) is 0 Å². The van der Waals surface area contributed by atoms with Crippen molar-refractivity contribution in [3.05, 3.63) is 22.9 Å². The van der Waals surface area contributed by atoms with Crippen molar-refractivity contribution in [1.82, 2.24) is 4.98 Å². The summed E-state index contributed by atoms with van der Waals surface area (Å²) in [6, 6.07) is 2.00. The van der Waals surface area contributed by atoms with Crippen LogP contribution in [0.1, 0.15) is 36.5 Å².